The lowest BCUT2D eigenvalue weighted by molar-refractivity contribution is 0.00191. The number of ether oxygens (including phenoxy) is 1. The Morgan fingerprint density at radius 3 is 2.63 bits per heavy atom. The predicted molar refractivity (Wildman–Crippen MR) is 104 cm³/mol. The maximum atomic E-state index is 13.0. The molecule has 0 radical (unpaired) electrons. The summed E-state index contributed by atoms with van der Waals surface area (Å²) in [5.41, 5.74) is 2.43. The van der Waals surface area contributed by atoms with Gasteiger partial charge in [0.1, 0.15) is 0 Å². The fourth-order valence-corrected chi connectivity index (χ4v) is 4.03. The van der Waals surface area contributed by atoms with Crippen LogP contribution in [0.1, 0.15) is 48.4 Å². The van der Waals surface area contributed by atoms with Crippen molar-refractivity contribution in [3.05, 3.63) is 23.0 Å². The Balaban J connectivity index is 1.78. The largest absolute Gasteiger partial charge is 0.379 e. The summed E-state index contributed by atoms with van der Waals surface area (Å²) in [6.45, 7) is 12.1. The summed E-state index contributed by atoms with van der Waals surface area (Å²) in [5.74, 6) is 0.445. The first-order chi connectivity index (χ1) is 13.0. The fourth-order valence-electron chi connectivity index (χ4n) is 4.03. The molecule has 1 saturated heterocycles. The molecule has 7 heteroatoms. The van der Waals surface area contributed by atoms with Gasteiger partial charge >= 0.3 is 0 Å². The zero-order valence-corrected chi connectivity index (χ0v) is 16.7. The lowest BCUT2D eigenvalue weighted by Gasteiger charge is -2.38. The average Bonchev–Trinajstić information content (AvgIpc) is 3.05. The minimum Gasteiger partial charge on any atom is -0.379 e. The number of rotatable bonds is 7. The van der Waals surface area contributed by atoms with Gasteiger partial charge in [-0.05, 0) is 25.8 Å². The van der Waals surface area contributed by atoms with Crippen LogP contribution in [0.5, 0.6) is 0 Å². The maximum absolute atomic E-state index is 13.0. The second-order valence-corrected chi connectivity index (χ2v) is 7.26. The van der Waals surface area contributed by atoms with Crippen LogP contribution in [0.15, 0.2) is 10.6 Å². The van der Waals surface area contributed by atoms with Gasteiger partial charge in [0.15, 0.2) is 0 Å². The normalized spacial score (nSPS) is 16.8. The third kappa shape index (κ3) is 4.30. The van der Waals surface area contributed by atoms with Crippen LogP contribution in [0.4, 0.5) is 0 Å². The minimum atomic E-state index is -0.0963. The van der Waals surface area contributed by atoms with Crippen LogP contribution in [-0.2, 0) is 4.74 Å². The van der Waals surface area contributed by atoms with E-state index in [1.54, 1.807) is 0 Å². The van der Waals surface area contributed by atoms with E-state index in [0.717, 1.165) is 44.8 Å². The van der Waals surface area contributed by atoms with Crippen LogP contribution in [-0.4, -0.2) is 59.8 Å². The lowest BCUT2D eigenvalue weighted by atomic mass is 9.92. The second-order valence-electron chi connectivity index (χ2n) is 7.26. The molecule has 1 aliphatic heterocycles. The summed E-state index contributed by atoms with van der Waals surface area (Å²) in [6.07, 6.45) is 2.19. The van der Waals surface area contributed by atoms with Crippen LogP contribution in [0.2, 0.25) is 0 Å². The van der Waals surface area contributed by atoms with Crippen LogP contribution in [0.3, 0.4) is 0 Å². The summed E-state index contributed by atoms with van der Waals surface area (Å²) in [4.78, 5) is 19.8. The van der Waals surface area contributed by atoms with Crippen molar-refractivity contribution < 1.29 is 14.1 Å². The van der Waals surface area contributed by atoms with Gasteiger partial charge in [0.25, 0.3) is 11.6 Å². The second kappa shape index (κ2) is 8.80. The first kappa shape index (κ1) is 19.8. The SMILES string of the molecule is CCC(CC)[C@H](CNC(=O)c1cc(C)nc2onc(C)c12)N1CCOCC1. The highest BCUT2D eigenvalue weighted by Crippen LogP contribution is 2.23. The lowest BCUT2D eigenvalue weighted by Crippen LogP contribution is -2.52. The molecule has 0 aliphatic carbocycles. The van der Waals surface area contributed by atoms with Crippen molar-refractivity contribution in [1.82, 2.24) is 20.4 Å². The van der Waals surface area contributed by atoms with Gasteiger partial charge in [-0.25, -0.2) is 4.98 Å². The monoisotopic (exact) mass is 374 g/mol. The first-order valence-corrected chi connectivity index (χ1v) is 9.88. The van der Waals surface area contributed by atoms with Gasteiger partial charge in [-0.3, -0.25) is 9.69 Å². The van der Waals surface area contributed by atoms with E-state index in [4.69, 9.17) is 9.26 Å². The summed E-state index contributed by atoms with van der Waals surface area (Å²) >= 11 is 0. The molecule has 1 aliphatic rings. The van der Waals surface area contributed by atoms with E-state index in [1.807, 2.05) is 19.9 Å². The van der Waals surface area contributed by atoms with Crippen molar-refractivity contribution >= 4 is 17.0 Å². The summed E-state index contributed by atoms with van der Waals surface area (Å²) in [7, 11) is 0. The van der Waals surface area contributed by atoms with Gasteiger partial charge in [0.2, 0.25) is 0 Å². The van der Waals surface area contributed by atoms with Crippen molar-refractivity contribution in [2.75, 3.05) is 32.8 Å². The topological polar surface area (TPSA) is 80.5 Å². The van der Waals surface area contributed by atoms with Crippen molar-refractivity contribution in [1.29, 1.82) is 0 Å². The molecule has 0 saturated carbocycles. The molecule has 0 unspecified atom stereocenters. The van der Waals surface area contributed by atoms with Crippen LogP contribution in [0.25, 0.3) is 11.1 Å². The Bertz CT molecular complexity index is 779. The highest BCUT2D eigenvalue weighted by atomic mass is 16.5. The van der Waals surface area contributed by atoms with Gasteiger partial charge < -0.3 is 14.6 Å². The van der Waals surface area contributed by atoms with Gasteiger partial charge in [-0.1, -0.05) is 31.8 Å². The number of morpholine rings is 1. The number of nitrogens with zero attached hydrogens (tertiary/aromatic N) is 3. The molecule has 1 amide bonds. The van der Waals surface area contributed by atoms with E-state index in [1.165, 1.54) is 0 Å². The number of amides is 1. The number of nitrogens with one attached hydrogen (secondary N) is 1. The highest BCUT2D eigenvalue weighted by molar-refractivity contribution is 6.06. The van der Waals surface area contributed by atoms with Crippen molar-refractivity contribution in [2.24, 2.45) is 5.92 Å². The number of carbonyl (C=O) groups excluding carboxylic acids is 1. The van der Waals surface area contributed by atoms with Crippen LogP contribution >= 0.6 is 0 Å². The van der Waals surface area contributed by atoms with Crippen molar-refractivity contribution in [2.45, 2.75) is 46.6 Å². The first-order valence-electron chi connectivity index (χ1n) is 9.88. The third-order valence-corrected chi connectivity index (χ3v) is 5.57. The summed E-state index contributed by atoms with van der Waals surface area (Å²) in [6, 6.07) is 2.12. The molecule has 3 heterocycles. The van der Waals surface area contributed by atoms with Crippen molar-refractivity contribution in [3.8, 4) is 0 Å². The molecule has 148 valence electrons. The van der Waals surface area contributed by atoms with Crippen LogP contribution < -0.4 is 5.32 Å². The van der Waals surface area contributed by atoms with Gasteiger partial charge in [-0.2, -0.15) is 0 Å². The fraction of sp³-hybridized carbons (Fsp3) is 0.650. The predicted octanol–water partition coefficient (Wildman–Crippen LogP) is 2.71. The van der Waals surface area contributed by atoms with E-state index >= 15 is 0 Å². The molecule has 1 fully saturated rings. The molecule has 0 spiro atoms. The molecule has 1 N–H and O–H groups in total. The summed E-state index contributed by atoms with van der Waals surface area (Å²) in [5, 5.41) is 7.82. The molecule has 0 aromatic carbocycles. The Kier molecular flexibility index (Phi) is 6.44. The average molecular weight is 374 g/mol. The molecule has 0 bridgehead atoms. The number of hydrogen-bond acceptors (Lipinski definition) is 6. The van der Waals surface area contributed by atoms with E-state index in [0.29, 0.717) is 40.9 Å². The molecule has 2 aromatic heterocycles. The minimum absolute atomic E-state index is 0.0963. The maximum Gasteiger partial charge on any atom is 0.258 e. The number of aryl methyl sites for hydroxylation is 2. The highest BCUT2D eigenvalue weighted by Gasteiger charge is 2.28. The Hall–Kier alpha value is -1.99. The molecule has 27 heavy (non-hydrogen) atoms. The van der Waals surface area contributed by atoms with Gasteiger partial charge in [-0.15, -0.1) is 0 Å². The molecule has 2 aromatic rings. The van der Waals surface area contributed by atoms with Gasteiger partial charge in [0.05, 0.1) is 29.9 Å². The Morgan fingerprint density at radius 1 is 1.26 bits per heavy atom. The number of hydrogen-bond donors (Lipinski definition) is 1. The van der Waals surface area contributed by atoms with Crippen LogP contribution in [0, 0.1) is 19.8 Å². The van der Waals surface area contributed by atoms with E-state index < -0.39 is 0 Å². The molecular formula is C20H30N4O3. The van der Waals surface area contributed by atoms with Gasteiger partial charge in [0, 0.05) is 31.4 Å². The molecule has 7 nitrogen and oxygen atoms in total. The van der Waals surface area contributed by atoms with E-state index in [-0.39, 0.29) is 5.91 Å². The molecule has 1 atom stereocenters. The number of aromatic nitrogens is 2. The summed E-state index contributed by atoms with van der Waals surface area (Å²) < 4.78 is 10.8. The van der Waals surface area contributed by atoms with Crippen molar-refractivity contribution in [3.63, 3.8) is 0 Å². The van der Waals surface area contributed by atoms with E-state index in [9.17, 15) is 4.79 Å². The standard InChI is InChI=1S/C20H30N4O3/c1-5-15(6-2)17(24-7-9-26-10-8-24)12-21-19(25)16-11-13(3)22-20-18(16)14(4)23-27-20/h11,15,17H,5-10,12H2,1-4H3,(H,21,25)/t17-/m0/s1. The Labute approximate surface area is 160 Å². The third-order valence-electron chi connectivity index (χ3n) is 5.57. The molecule has 3 rings (SSSR count). The van der Waals surface area contributed by atoms with E-state index in [2.05, 4.69) is 34.2 Å². The Morgan fingerprint density at radius 2 is 1.96 bits per heavy atom. The number of pyridine rings is 1. The number of carbonyl (C=O) groups is 1. The quantitative estimate of drug-likeness (QED) is 0.803. The number of fused-ring (bicyclic) bond motifs is 1. The zero-order valence-electron chi connectivity index (χ0n) is 16.7. The smallest absolute Gasteiger partial charge is 0.258 e. The molecular weight excluding hydrogens is 344 g/mol. The zero-order chi connectivity index (χ0) is 19.4.